The molecule has 7 heteroatoms. The molecule has 0 atom stereocenters. The number of nitrogens with zero attached hydrogens (tertiary/aromatic N) is 5. The van der Waals surface area contributed by atoms with Crippen LogP contribution in [0.3, 0.4) is 0 Å². The molecule has 0 bridgehead atoms. The summed E-state index contributed by atoms with van der Waals surface area (Å²) in [5.74, 6) is 0.712. The molecule has 0 N–H and O–H groups in total. The van der Waals surface area contributed by atoms with Crippen molar-refractivity contribution in [1.82, 2.24) is 19.8 Å². The van der Waals surface area contributed by atoms with Gasteiger partial charge in [0.25, 0.3) is 0 Å². The summed E-state index contributed by atoms with van der Waals surface area (Å²) >= 11 is 1.78. The maximum absolute atomic E-state index is 12.1. The van der Waals surface area contributed by atoms with Crippen molar-refractivity contribution in [1.29, 1.82) is 0 Å². The second kappa shape index (κ2) is 6.49. The standard InChI is InChI=1S/C20H21N5OS/c1-23-11-12-25(20(23)26)18-6-5-14(13-21-18)19-22-16-7-9-24(15-3-2-4-15)10-8-17(16)27-19/h2-6,13H,7-12H2,1H3. The normalized spacial score (nSPS) is 19.1. The van der Waals surface area contributed by atoms with Crippen LogP contribution < -0.4 is 4.90 Å². The molecule has 1 aliphatic carbocycles. The lowest BCUT2D eigenvalue weighted by Crippen LogP contribution is -2.29. The molecule has 0 spiro atoms. The molecule has 5 rings (SSSR count). The van der Waals surface area contributed by atoms with E-state index in [0.29, 0.717) is 12.4 Å². The first-order valence-corrected chi connectivity index (χ1v) is 10.1. The summed E-state index contributed by atoms with van der Waals surface area (Å²) in [6, 6.07) is 3.97. The maximum atomic E-state index is 12.1. The molecule has 0 saturated carbocycles. The van der Waals surface area contributed by atoms with Crippen LogP contribution in [0.1, 0.15) is 10.6 Å². The van der Waals surface area contributed by atoms with Crippen molar-refractivity contribution in [3.63, 3.8) is 0 Å². The molecule has 3 aliphatic rings. The van der Waals surface area contributed by atoms with E-state index in [1.54, 1.807) is 21.1 Å². The zero-order chi connectivity index (χ0) is 18.4. The molecule has 1 saturated heterocycles. The van der Waals surface area contributed by atoms with Crippen LogP contribution in [-0.4, -0.2) is 59.0 Å². The monoisotopic (exact) mass is 379 g/mol. The van der Waals surface area contributed by atoms with Gasteiger partial charge in [-0.15, -0.1) is 11.3 Å². The van der Waals surface area contributed by atoms with Gasteiger partial charge in [-0.25, -0.2) is 14.8 Å². The SMILES string of the molecule is CN1CCN(c2ccc(-c3nc4c(s3)CCN(C3=CC=C3)CC4)cn2)C1=O. The third-order valence-electron chi connectivity index (χ3n) is 5.39. The smallest absolute Gasteiger partial charge is 0.325 e. The van der Waals surface area contributed by atoms with E-state index in [2.05, 4.69) is 28.1 Å². The minimum Gasteiger partial charge on any atom is -0.371 e. The van der Waals surface area contributed by atoms with Gasteiger partial charge >= 0.3 is 6.03 Å². The van der Waals surface area contributed by atoms with Gasteiger partial charge in [0.2, 0.25) is 0 Å². The lowest BCUT2D eigenvalue weighted by atomic mass is 10.2. The van der Waals surface area contributed by atoms with Crippen LogP contribution in [0.15, 0.2) is 42.3 Å². The fraction of sp³-hybridized carbons (Fsp3) is 0.350. The zero-order valence-corrected chi connectivity index (χ0v) is 16.1. The third-order valence-corrected chi connectivity index (χ3v) is 6.60. The Labute approximate surface area is 162 Å². The average Bonchev–Trinajstić information content (AvgIpc) is 3.14. The molecule has 6 nitrogen and oxygen atoms in total. The van der Waals surface area contributed by atoms with Crippen molar-refractivity contribution >= 4 is 23.2 Å². The number of thiazole rings is 1. The number of hydrogen-bond donors (Lipinski definition) is 0. The van der Waals surface area contributed by atoms with E-state index < -0.39 is 0 Å². The second-order valence-corrected chi connectivity index (χ2v) is 8.17. The number of aromatic nitrogens is 2. The van der Waals surface area contributed by atoms with Gasteiger partial charge in [-0.3, -0.25) is 4.90 Å². The number of rotatable bonds is 3. The molecule has 0 aromatic carbocycles. The van der Waals surface area contributed by atoms with Gasteiger partial charge in [-0.05, 0) is 24.3 Å². The molecule has 2 amide bonds. The van der Waals surface area contributed by atoms with Crippen LogP contribution in [0.4, 0.5) is 10.6 Å². The Morgan fingerprint density at radius 3 is 2.63 bits per heavy atom. The molecular weight excluding hydrogens is 358 g/mol. The van der Waals surface area contributed by atoms with Crippen LogP contribution in [0, 0.1) is 0 Å². The van der Waals surface area contributed by atoms with E-state index in [1.807, 2.05) is 25.4 Å². The molecule has 27 heavy (non-hydrogen) atoms. The molecular formula is C20H21N5OS. The molecule has 138 valence electrons. The van der Waals surface area contributed by atoms with Crippen LogP contribution in [0.5, 0.6) is 0 Å². The van der Waals surface area contributed by atoms with Gasteiger partial charge in [0.15, 0.2) is 0 Å². The highest BCUT2D eigenvalue weighted by molar-refractivity contribution is 7.15. The number of pyridine rings is 1. The number of amides is 2. The fourth-order valence-electron chi connectivity index (χ4n) is 3.67. The number of likely N-dealkylation sites (N-methyl/N-ethyl adjacent to an activating group) is 1. The lowest BCUT2D eigenvalue weighted by Gasteiger charge is -2.26. The van der Waals surface area contributed by atoms with E-state index in [4.69, 9.17) is 4.98 Å². The van der Waals surface area contributed by atoms with E-state index in [1.165, 1.54) is 16.3 Å². The van der Waals surface area contributed by atoms with E-state index in [0.717, 1.165) is 43.0 Å². The minimum atomic E-state index is 0.0113. The van der Waals surface area contributed by atoms with Crippen molar-refractivity contribution < 1.29 is 4.79 Å². The Morgan fingerprint density at radius 2 is 1.96 bits per heavy atom. The Hall–Kier alpha value is -2.67. The number of anilines is 1. The molecule has 1 fully saturated rings. The van der Waals surface area contributed by atoms with Crippen molar-refractivity contribution in [2.45, 2.75) is 12.8 Å². The summed E-state index contributed by atoms with van der Waals surface area (Å²) in [4.78, 5) is 28.8. The molecule has 0 radical (unpaired) electrons. The summed E-state index contributed by atoms with van der Waals surface area (Å²) in [5, 5.41) is 1.03. The van der Waals surface area contributed by atoms with Crippen LogP contribution in [0.2, 0.25) is 0 Å². The van der Waals surface area contributed by atoms with Crippen molar-refractivity contribution in [2.24, 2.45) is 0 Å². The maximum Gasteiger partial charge on any atom is 0.325 e. The third kappa shape index (κ3) is 2.92. The molecule has 4 heterocycles. The van der Waals surface area contributed by atoms with E-state index in [9.17, 15) is 4.79 Å². The van der Waals surface area contributed by atoms with Gasteiger partial charge in [-0.1, -0.05) is 6.08 Å². The molecule has 0 unspecified atom stereocenters. The fourth-order valence-corrected chi connectivity index (χ4v) is 4.76. The number of carbonyl (C=O) groups excluding carboxylic acids is 1. The van der Waals surface area contributed by atoms with Crippen LogP contribution in [0.25, 0.3) is 10.6 Å². The minimum absolute atomic E-state index is 0.0113. The Morgan fingerprint density at radius 1 is 1.11 bits per heavy atom. The lowest BCUT2D eigenvalue weighted by molar-refractivity contribution is 0.229. The average molecular weight is 379 g/mol. The quantitative estimate of drug-likeness (QED) is 0.823. The topological polar surface area (TPSA) is 52.6 Å². The number of hydrogen-bond acceptors (Lipinski definition) is 5. The summed E-state index contributed by atoms with van der Waals surface area (Å²) in [6.07, 6.45) is 10.3. The van der Waals surface area contributed by atoms with Gasteiger partial charge in [-0.2, -0.15) is 0 Å². The van der Waals surface area contributed by atoms with Gasteiger partial charge < -0.3 is 9.80 Å². The summed E-state index contributed by atoms with van der Waals surface area (Å²) < 4.78 is 0. The number of urea groups is 1. The largest absolute Gasteiger partial charge is 0.371 e. The zero-order valence-electron chi connectivity index (χ0n) is 15.3. The van der Waals surface area contributed by atoms with Crippen molar-refractivity contribution in [3.8, 4) is 10.6 Å². The number of fused-ring (bicyclic) bond motifs is 1. The second-order valence-electron chi connectivity index (χ2n) is 7.09. The highest BCUT2D eigenvalue weighted by atomic mass is 32.1. The molecule has 2 aliphatic heterocycles. The first-order chi connectivity index (χ1) is 13.2. The number of allylic oxidation sites excluding steroid dienone is 3. The highest BCUT2D eigenvalue weighted by Gasteiger charge is 2.27. The number of carbonyl (C=O) groups is 1. The van der Waals surface area contributed by atoms with Crippen molar-refractivity contribution in [3.05, 3.63) is 52.8 Å². The predicted octanol–water partition coefficient (Wildman–Crippen LogP) is 2.93. The molecule has 2 aromatic heterocycles. The van der Waals surface area contributed by atoms with Gasteiger partial charge in [0, 0.05) is 68.4 Å². The Bertz CT molecular complexity index is 920. The predicted molar refractivity (Wildman–Crippen MR) is 107 cm³/mol. The van der Waals surface area contributed by atoms with E-state index in [-0.39, 0.29) is 6.03 Å². The van der Waals surface area contributed by atoms with Crippen LogP contribution >= 0.6 is 11.3 Å². The van der Waals surface area contributed by atoms with Gasteiger partial charge in [0.1, 0.15) is 10.8 Å². The Kier molecular flexibility index (Phi) is 3.97. The van der Waals surface area contributed by atoms with Crippen molar-refractivity contribution in [2.75, 3.05) is 38.1 Å². The first-order valence-electron chi connectivity index (χ1n) is 9.30. The van der Waals surface area contributed by atoms with Crippen LogP contribution in [-0.2, 0) is 12.8 Å². The summed E-state index contributed by atoms with van der Waals surface area (Å²) in [6.45, 7) is 3.50. The highest BCUT2D eigenvalue weighted by Crippen LogP contribution is 2.32. The van der Waals surface area contributed by atoms with E-state index >= 15 is 0 Å². The Balaban J connectivity index is 1.32. The summed E-state index contributed by atoms with van der Waals surface area (Å²) in [5.41, 5.74) is 3.59. The summed E-state index contributed by atoms with van der Waals surface area (Å²) in [7, 11) is 1.82. The molecule has 2 aromatic rings. The first kappa shape index (κ1) is 16.5. The van der Waals surface area contributed by atoms with Gasteiger partial charge in [0.05, 0.1) is 5.69 Å².